The number of aryl methyl sites for hydroxylation is 2. The van der Waals surface area contributed by atoms with E-state index in [2.05, 4.69) is 45.0 Å². The average Bonchev–Trinajstić information content (AvgIpc) is 2.52. The third-order valence-corrected chi connectivity index (χ3v) is 4.39. The molecule has 1 aromatic rings. The second kappa shape index (κ2) is 4.97. The molecule has 4 nitrogen and oxygen atoms in total. The Bertz CT molecular complexity index is 469. The van der Waals surface area contributed by atoms with E-state index in [0.717, 1.165) is 23.6 Å². The van der Waals surface area contributed by atoms with Crippen molar-refractivity contribution in [2.75, 3.05) is 11.1 Å². The lowest BCUT2D eigenvalue weighted by Gasteiger charge is -2.45. The predicted molar refractivity (Wildman–Crippen MR) is 85.8 cm³/mol. The highest BCUT2D eigenvalue weighted by atomic mass is 15.3. The van der Waals surface area contributed by atoms with Crippen molar-refractivity contribution in [1.29, 1.82) is 0 Å². The van der Waals surface area contributed by atoms with Crippen molar-refractivity contribution in [2.45, 2.75) is 66.3 Å². The van der Waals surface area contributed by atoms with E-state index in [4.69, 9.17) is 5.73 Å². The third-order valence-electron chi connectivity index (χ3n) is 4.39. The maximum absolute atomic E-state index is 6.22. The van der Waals surface area contributed by atoms with Gasteiger partial charge in [-0.15, -0.1) is 0 Å². The number of nitrogens with zero attached hydrogens (tertiary/aromatic N) is 2. The van der Waals surface area contributed by atoms with Crippen LogP contribution in [0.5, 0.6) is 0 Å². The van der Waals surface area contributed by atoms with Crippen molar-refractivity contribution in [3.8, 4) is 0 Å². The number of hydrogen-bond acceptors (Lipinski definition) is 3. The van der Waals surface area contributed by atoms with Crippen LogP contribution in [0.1, 0.15) is 59.6 Å². The molecule has 0 spiro atoms. The highest BCUT2D eigenvalue weighted by Crippen LogP contribution is 2.46. The Morgan fingerprint density at radius 3 is 2.25 bits per heavy atom. The van der Waals surface area contributed by atoms with E-state index in [0.29, 0.717) is 16.9 Å². The number of aromatic nitrogens is 2. The van der Waals surface area contributed by atoms with Crippen molar-refractivity contribution >= 4 is 11.5 Å². The number of hydrogen-bond donors (Lipinski definition) is 2. The molecule has 1 fully saturated rings. The Morgan fingerprint density at radius 1 is 1.25 bits per heavy atom. The molecule has 1 saturated carbocycles. The highest BCUT2D eigenvalue weighted by Gasteiger charge is 2.38. The molecule has 0 unspecified atom stereocenters. The standard InChI is InChI=1S/C16H30N4/c1-7-12-13(17)14(20(6)19-12)18-11-8-15(2,3)10-16(4,5)9-11/h11,18H,7-10,17H2,1-6H3. The first kappa shape index (κ1) is 15.2. The monoisotopic (exact) mass is 278 g/mol. The van der Waals surface area contributed by atoms with Gasteiger partial charge in [0.05, 0.1) is 11.4 Å². The molecule has 0 atom stereocenters. The van der Waals surface area contributed by atoms with Gasteiger partial charge in [-0.3, -0.25) is 4.68 Å². The third kappa shape index (κ3) is 3.10. The highest BCUT2D eigenvalue weighted by molar-refractivity contribution is 5.65. The van der Waals surface area contributed by atoms with Crippen LogP contribution in [0.2, 0.25) is 0 Å². The average molecular weight is 278 g/mol. The van der Waals surface area contributed by atoms with Crippen molar-refractivity contribution in [2.24, 2.45) is 17.9 Å². The van der Waals surface area contributed by atoms with E-state index >= 15 is 0 Å². The summed E-state index contributed by atoms with van der Waals surface area (Å²) < 4.78 is 1.89. The van der Waals surface area contributed by atoms with Crippen molar-refractivity contribution in [1.82, 2.24) is 9.78 Å². The minimum Gasteiger partial charge on any atom is -0.394 e. The molecule has 0 aromatic carbocycles. The fourth-order valence-electron chi connectivity index (χ4n) is 4.17. The lowest BCUT2D eigenvalue weighted by atomic mass is 9.63. The summed E-state index contributed by atoms with van der Waals surface area (Å²) in [5, 5.41) is 8.15. The van der Waals surface area contributed by atoms with Gasteiger partial charge in [-0.2, -0.15) is 5.10 Å². The number of rotatable bonds is 3. The second-order valence-electron chi connectivity index (χ2n) is 7.94. The fourth-order valence-corrected chi connectivity index (χ4v) is 4.17. The number of anilines is 2. The number of nitrogens with one attached hydrogen (secondary N) is 1. The zero-order chi connectivity index (χ0) is 15.1. The van der Waals surface area contributed by atoms with E-state index in [1.165, 1.54) is 19.3 Å². The van der Waals surface area contributed by atoms with Gasteiger partial charge in [-0.25, -0.2) is 0 Å². The number of nitrogen functional groups attached to an aromatic ring is 1. The van der Waals surface area contributed by atoms with Gasteiger partial charge in [0, 0.05) is 13.1 Å². The summed E-state index contributed by atoms with van der Waals surface area (Å²) >= 11 is 0. The molecule has 0 radical (unpaired) electrons. The van der Waals surface area contributed by atoms with Crippen molar-refractivity contribution in [3.05, 3.63) is 5.69 Å². The van der Waals surface area contributed by atoms with Gasteiger partial charge < -0.3 is 11.1 Å². The van der Waals surface area contributed by atoms with Gasteiger partial charge in [0.25, 0.3) is 0 Å². The van der Waals surface area contributed by atoms with E-state index in [9.17, 15) is 0 Å². The Hall–Kier alpha value is -1.19. The Morgan fingerprint density at radius 2 is 1.80 bits per heavy atom. The minimum absolute atomic E-state index is 0.375. The van der Waals surface area contributed by atoms with E-state index in [1.54, 1.807) is 0 Å². The van der Waals surface area contributed by atoms with Gasteiger partial charge >= 0.3 is 0 Å². The largest absolute Gasteiger partial charge is 0.394 e. The lowest BCUT2D eigenvalue weighted by Crippen LogP contribution is -2.40. The summed E-state index contributed by atoms with van der Waals surface area (Å²) in [6.07, 6.45) is 4.52. The molecule has 1 heterocycles. The summed E-state index contributed by atoms with van der Waals surface area (Å²) in [5.74, 6) is 0.986. The molecule has 114 valence electrons. The molecule has 4 heteroatoms. The Labute approximate surface area is 123 Å². The first-order valence-corrected chi connectivity index (χ1v) is 7.71. The molecular formula is C16H30N4. The topological polar surface area (TPSA) is 55.9 Å². The predicted octanol–water partition coefficient (Wildman–Crippen LogP) is 3.58. The number of nitrogens with two attached hydrogens (primary N) is 1. The SMILES string of the molecule is CCc1nn(C)c(NC2CC(C)(C)CC(C)(C)C2)c1N. The molecule has 20 heavy (non-hydrogen) atoms. The summed E-state index contributed by atoms with van der Waals surface area (Å²) in [6, 6.07) is 0.469. The normalized spacial score (nSPS) is 21.9. The van der Waals surface area contributed by atoms with Crippen LogP contribution in [0.15, 0.2) is 0 Å². The van der Waals surface area contributed by atoms with Gasteiger partial charge in [0.1, 0.15) is 5.82 Å². The van der Waals surface area contributed by atoms with Crippen LogP contribution in [0, 0.1) is 10.8 Å². The molecule has 0 bridgehead atoms. The smallest absolute Gasteiger partial charge is 0.147 e. The second-order valence-corrected chi connectivity index (χ2v) is 7.94. The molecule has 0 saturated heterocycles. The first-order chi connectivity index (χ1) is 9.13. The van der Waals surface area contributed by atoms with Crippen LogP contribution >= 0.6 is 0 Å². The van der Waals surface area contributed by atoms with Crippen LogP contribution < -0.4 is 11.1 Å². The lowest BCUT2D eigenvalue weighted by molar-refractivity contribution is 0.105. The summed E-state index contributed by atoms with van der Waals surface area (Å²) in [5.41, 5.74) is 8.78. The van der Waals surface area contributed by atoms with E-state index in [-0.39, 0.29) is 0 Å². The summed E-state index contributed by atoms with van der Waals surface area (Å²) in [7, 11) is 1.97. The van der Waals surface area contributed by atoms with Gasteiger partial charge in [0.2, 0.25) is 0 Å². The van der Waals surface area contributed by atoms with E-state index < -0.39 is 0 Å². The Balaban J connectivity index is 2.19. The molecule has 1 aromatic heterocycles. The van der Waals surface area contributed by atoms with Crippen LogP contribution in [-0.2, 0) is 13.5 Å². The van der Waals surface area contributed by atoms with Crippen LogP contribution in [0.3, 0.4) is 0 Å². The Kier molecular flexibility index (Phi) is 3.78. The minimum atomic E-state index is 0.375. The van der Waals surface area contributed by atoms with Gasteiger partial charge in [0.15, 0.2) is 0 Å². The summed E-state index contributed by atoms with van der Waals surface area (Å²) in [4.78, 5) is 0. The quantitative estimate of drug-likeness (QED) is 0.888. The zero-order valence-corrected chi connectivity index (χ0v) is 13.9. The molecule has 0 aliphatic heterocycles. The van der Waals surface area contributed by atoms with Crippen molar-refractivity contribution < 1.29 is 0 Å². The van der Waals surface area contributed by atoms with E-state index in [1.807, 2.05) is 11.7 Å². The zero-order valence-electron chi connectivity index (χ0n) is 13.9. The maximum atomic E-state index is 6.22. The molecule has 2 rings (SSSR count). The van der Waals surface area contributed by atoms with Crippen LogP contribution in [0.4, 0.5) is 11.5 Å². The summed E-state index contributed by atoms with van der Waals surface area (Å²) in [6.45, 7) is 11.6. The first-order valence-electron chi connectivity index (χ1n) is 7.71. The van der Waals surface area contributed by atoms with Gasteiger partial charge in [-0.1, -0.05) is 34.6 Å². The van der Waals surface area contributed by atoms with Crippen LogP contribution in [-0.4, -0.2) is 15.8 Å². The van der Waals surface area contributed by atoms with Crippen LogP contribution in [0.25, 0.3) is 0 Å². The molecule has 0 amide bonds. The molecular weight excluding hydrogens is 248 g/mol. The molecule has 1 aliphatic rings. The van der Waals surface area contributed by atoms with Crippen molar-refractivity contribution in [3.63, 3.8) is 0 Å². The molecule has 1 aliphatic carbocycles. The molecule has 3 N–H and O–H groups in total. The van der Waals surface area contributed by atoms with Gasteiger partial charge in [-0.05, 0) is 36.5 Å². The maximum Gasteiger partial charge on any atom is 0.147 e. The fraction of sp³-hybridized carbons (Fsp3) is 0.812.